The number of benzene rings is 1. The van der Waals surface area contributed by atoms with E-state index in [0.29, 0.717) is 12.2 Å². The molecule has 0 aliphatic heterocycles. The number of carboxylic acids is 1. The van der Waals surface area contributed by atoms with Crippen molar-refractivity contribution in [3.8, 4) is 5.69 Å². The summed E-state index contributed by atoms with van der Waals surface area (Å²) in [6, 6.07) is 9.39. The van der Waals surface area contributed by atoms with Crippen LogP contribution in [0, 0.1) is 5.41 Å². The quantitative estimate of drug-likeness (QED) is 0.827. The van der Waals surface area contributed by atoms with Crippen LogP contribution in [0.5, 0.6) is 0 Å². The van der Waals surface area contributed by atoms with Crippen LogP contribution in [0.1, 0.15) is 37.6 Å². The molecule has 2 aromatic rings. The Morgan fingerprint density at radius 3 is 2.62 bits per heavy atom. The van der Waals surface area contributed by atoms with Crippen molar-refractivity contribution in [3.63, 3.8) is 0 Å². The Bertz CT molecular complexity index is 815. The molecule has 2 N–H and O–H groups in total. The number of rotatable bonds is 6. The topological polar surface area (TPSA) is 93.5 Å². The van der Waals surface area contributed by atoms with E-state index in [1.165, 1.54) is 6.20 Å². The SMILES string of the molecule is CCOC1CC(NC(=O)c2cnn(-c3ccccc3)c2)(C(=O)O)C1(C)C. The summed E-state index contributed by atoms with van der Waals surface area (Å²) in [5, 5.41) is 16.7. The van der Waals surface area contributed by atoms with Gasteiger partial charge in [0.05, 0.1) is 23.6 Å². The summed E-state index contributed by atoms with van der Waals surface area (Å²) in [6.07, 6.45) is 3.05. The zero-order valence-corrected chi connectivity index (χ0v) is 15.1. The molecule has 1 saturated carbocycles. The summed E-state index contributed by atoms with van der Waals surface area (Å²) in [7, 11) is 0. The molecule has 1 aliphatic rings. The summed E-state index contributed by atoms with van der Waals surface area (Å²) in [5.74, 6) is -1.51. The highest BCUT2D eigenvalue weighted by molar-refractivity contribution is 5.98. The van der Waals surface area contributed by atoms with Gasteiger partial charge in [0.25, 0.3) is 5.91 Å². The number of nitrogens with zero attached hydrogens (tertiary/aromatic N) is 2. The van der Waals surface area contributed by atoms with Crippen molar-refractivity contribution in [2.24, 2.45) is 5.41 Å². The number of hydrogen-bond acceptors (Lipinski definition) is 4. The second kappa shape index (κ2) is 6.57. The number of amides is 1. The van der Waals surface area contributed by atoms with Crippen molar-refractivity contribution < 1.29 is 19.4 Å². The molecule has 1 heterocycles. The van der Waals surface area contributed by atoms with Gasteiger partial charge < -0.3 is 15.2 Å². The van der Waals surface area contributed by atoms with Crippen LogP contribution in [-0.2, 0) is 9.53 Å². The number of aromatic nitrogens is 2. The lowest BCUT2D eigenvalue weighted by Gasteiger charge is -2.58. The molecule has 138 valence electrons. The molecule has 26 heavy (non-hydrogen) atoms. The summed E-state index contributed by atoms with van der Waals surface area (Å²) in [5.41, 5.74) is -0.955. The van der Waals surface area contributed by atoms with E-state index in [4.69, 9.17) is 4.74 Å². The Morgan fingerprint density at radius 2 is 2.04 bits per heavy atom. The normalized spacial score (nSPS) is 23.9. The zero-order valence-electron chi connectivity index (χ0n) is 15.1. The molecule has 0 saturated heterocycles. The Kier molecular flexibility index (Phi) is 4.58. The van der Waals surface area contributed by atoms with Crippen molar-refractivity contribution in [2.45, 2.75) is 38.8 Å². The maximum absolute atomic E-state index is 12.7. The fourth-order valence-electron chi connectivity index (χ4n) is 3.46. The highest BCUT2D eigenvalue weighted by Crippen LogP contribution is 2.51. The largest absolute Gasteiger partial charge is 0.479 e. The Morgan fingerprint density at radius 1 is 1.35 bits per heavy atom. The average molecular weight is 357 g/mol. The molecule has 0 radical (unpaired) electrons. The molecule has 1 aromatic heterocycles. The highest BCUT2D eigenvalue weighted by Gasteiger charge is 2.66. The molecule has 7 nitrogen and oxygen atoms in total. The number of aliphatic carboxylic acids is 1. The van der Waals surface area contributed by atoms with Gasteiger partial charge in [0.2, 0.25) is 0 Å². The minimum absolute atomic E-state index is 0.212. The van der Waals surface area contributed by atoms with Gasteiger partial charge in [0.15, 0.2) is 0 Å². The van der Waals surface area contributed by atoms with Gasteiger partial charge in [-0.3, -0.25) is 4.79 Å². The maximum atomic E-state index is 12.7. The number of nitrogens with one attached hydrogen (secondary N) is 1. The maximum Gasteiger partial charge on any atom is 0.330 e. The van der Waals surface area contributed by atoms with Gasteiger partial charge in [0.1, 0.15) is 5.54 Å². The van der Waals surface area contributed by atoms with Gasteiger partial charge in [-0.2, -0.15) is 5.10 Å². The lowest BCUT2D eigenvalue weighted by Crippen LogP contribution is -2.76. The number of carbonyl (C=O) groups excluding carboxylic acids is 1. The third-order valence-corrected chi connectivity index (χ3v) is 5.32. The van der Waals surface area contributed by atoms with Crippen LogP contribution in [0.15, 0.2) is 42.7 Å². The molecule has 1 aliphatic carbocycles. The van der Waals surface area contributed by atoms with E-state index < -0.39 is 22.8 Å². The van der Waals surface area contributed by atoms with Crippen molar-refractivity contribution in [2.75, 3.05) is 6.61 Å². The first kappa shape index (κ1) is 18.1. The lowest BCUT2D eigenvalue weighted by molar-refractivity contribution is -0.190. The number of ether oxygens (including phenoxy) is 1. The second-order valence-corrected chi connectivity index (χ2v) is 7.04. The van der Waals surface area contributed by atoms with E-state index in [1.807, 2.05) is 37.3 Å². The highest BCUT2D eigenvalue weighted by atomic mass is 16.5. The van der Waals surface area contributed by atoms with Crippen molar-refractivity contribution in [3.05, 3.63) is 48.3 Å². The molecule has 2 unspecified atom stereocenters. The molecule has 1 fully saturated rings. The predicted octanol–water partition coefficient (Wildman–Crippen LogP) is 2.26. The molecule has 3 rings (SSSR count). The Labute approximate surface area is 152 Å². The number of carbonyl (C=O) groups is 2. The van der Waals surface area contributed by atoms with E-state index in [0.717, 1.165) is 5.69 Å². The van der Waals surface area contributed by atoms with Gasteiger partial charge in [-0.05, 0) is 19.1 Å². The zero-order chi connectivity index (χ0) is 18.9. The van der Waals surface area contributed by atoms with Crippen LogP contribution in [0.3, 0.4) is 0 Å². The van der Waals surface area contributed by atoms with Crippen LogP contribution in [-0.4, -0.2) is 45.0 Å². The van der Waals surface area contributed by atoms with Crippen LogP contribution in [0.2, 0.25) is 0 Å². The van der Waals surface area contributed by atoms with Crippen LogP contribution >= 0.6 is 0 Å². The summed E-state index contributed by atoms with van der Waals surface area (Å²) in [6.45, 7) is 5.98. The van der Waals surface area contributed by atoms with Crippen LogP contribution < -0.4 is 5.32 Å². The van der Waals surface area contributed by atoms with E-state index in [1.54, 1.807) is 24.7 Å². The van der Waals surface area contributed by atoms with Gasteiger partial charge in [-0.15, -0.1) is 0 Å². The van der Waals surface area contributed by atoms with Crippen molar-refractivity contribution in [1.82, 2.24) is 15.1 Å². The minimum Gasteiger partial charge on any atom is -0.479 e. The fourth-order valence-corrected chi connectivity index (χ4v) is 3.46. The molecule has 0 bridgehead atoms. The average Bonchev–Trinajstić information content (AvgIpc) is 3.11. The smallest absolute Gasteiger partial charge is 0.330 e. The number of hydrogen-bond donors (Lipinski definition) is 2. The monoisotopic (exact) mass is 357 g/mol. The first-order valence-corrected chi connectivity index (χ1v) is 8.59. The molecular formula is C19H23N3O4. The summed E-state index contributed by atoms with van der Waals surface area (Å²) in [4.78, 5) is 24.7. The van der Waals surface area contributed by atoms with Crippen molar-refractivity contribution >= 4 is 11.9 Å². The van der Waals surface area contributed by atoms with Crippen molar-refractivity contribution in [1.29, 1.82) is 0 Å². The Hall–Kier alpha value is -2.67. The minimum atomic E-state index is -1.36. The molecule has 7 heteroatoms. The van der Waals surface area contributed by atoms with E-state index >= 15 is 0 Å². The molecule has 0 spiro atoms. The summed E-state index contributed by atoms with van der Waals surface area (Å²) < 4.78 is 7.20. The van der Waals surface area contributed by atoms with E-state index in [-0.39, 0.29) is 12.5 Å². The van der Waals surface area contributed by atoms with Gasteiger partial charge in [-0.1, -0.05) is 32.0 Å². The predicted molar refractivity (Wildman–Crippen MR) is 95.2 cm³/mol. The van der Waals surface area contributed by atoms with Gasteiger partial charge in [0, 0.05) is 24.6 Å². The molecule has 1 amide bonds. The molecular weight excluding hydrogens is 334 g/mol. The molecule has 1 aromatic carbocycles. The van der Waals surface area contributed by atoms with Gasteiger partial charge >= 0.3 is 5.97 Å². The fraction of sp³-hybridized carbons (Fsp3) is 0.421. The third kappa shape index (κ3) is 2.78. The second-order valence-electron chi connectivity index (χ2n) is 7.04. The van der Waals surface area contributed by atoms with E-state index in [2.05, 4.69) is 10.4 Å². The first-order valence-electron chi connectivity index (χ1n) is 8.59. The first-order chi connectivity index (χ1) is 12.3. The third-order valence-electron chi connectivity index (χ3n) is 5.32. The molecule has 2 atom stereocenters. The van der Waals surface area contributed by atoms with E-state index in [9.17, 15) is 14.7 Å². The Balaban J connectivity index is 1.80. The van der Waals surface area contributed by atoms with Gasteiger partial charge in [-0.25, -0.2) is 9.48 Å². The summed E-state index contributed by atoms with van der Waals surface area (Å²) >= 11 is 0. The standard InChI is InChI=1S/C19H23N3O4/c1-4-26-15-10-19(17(24)25,18(15,2)3)21-16(23)13-11-20-22(12-13)14-8-6-5-7-9-14/h5-9,11-12,15H,4,10H2,1-3H3,(H,21,23)(H,24,25). The number of carboxylic acid groups (broad SMARTS) is 1. The van der Waals surface area contributed by atoms with Crippen LogP contribution in [0.25, 0.3) is 5.69 Å². The number of para-hydroxylation sites is 1. The van der Waals surface area contributed by atoms with Crippen LogP contribution in [0.4, 0.5) is 0 Å². The lowest BCUT2D eigenvalue weighted by atomic mass is 9.54.